The first kappa shape index (κ1) is 13.0. The Morgan fingerprint density at radius 1 is 1.11 bits per heavy atom. The molecule has 0 spiro atoms. The number of hydrogen-bond acceptors (Lipinski definition) is 1. The van der Waals surface area contributed by atoms with Gasteiger partial charge in [0.2, 0.25) is 0 Å². The first-order valence-corrected chi connectivity index (χ1v) is 6.80. The van der Waals surface area contributed by atoms with Crippen molar-refractivity contribution >= 4 is 21.7 Å². The fourth-order valence-electron chi connectivity index (χ4n) is 2.00. The number of carbonyl (C=O) groups excluding carboxylic acids is 1. The number of carbonyl (C=O) groups is 1. The average Bonchev–Trinajstić information content (AvgIpc) is 2.39. The zero-order valence-electron chi connectivity index (χ0n) is 10.3. The fourth-order valence-corrected chi connectivity index (χ4v) is 2.44. The van der Waals surface area contributed by atoms with Crippen molar-refractivity contribution in [2.75, 3.05) is 0 Å². The highest BCUT2D eigenvalue weighted by molar-refractivity contribution is 9.10. The van der Waals surface area contributed by atoms with Crippen LogP contribution in [0.25, 0.3) is 0 Å². The van der Waals surface area contributed by atoms with Gasteiger partial charge in [-0.25, -0.2) is 0 Å². The van der Waals surface area contributed by atoms with Crippen LogP contribution in [0.2, 0.25) is 0 Å². The molecule has 0 bridgehead atoms. The summed E-state index contributed by atoms with van der Waals surface area (Å²) in [5, 5.41) is 0. The zero-order chi connectivity index (χ0) is 13.0. The van der Waals surface area contributed by atoms with Crippen molar-refractivity contribution in [3.8, 4) is 0 Å². The van der Waals surface area contributed by atoms with E-state index in [0.29, 0.717) is 0 Å². The predicted octanol–water partition coefficient (Wildman–Crippen LogP) is 4.51. The molecular formula is C16H15BrO. The maximum atomic E-state index is 12.2. The van der Waals surface area contributed by atoms with E-state index >= 15 is 0 Å². The summed E-state index contributed by atoms with van der Waals surface area (Å²) in [6.07, 6.45) is 0.771. The van der Waals surface area contributed by atoms with Crippen LogP contribution in [0.1, 0.15) is 22.8 Å². The van der Waals surface area contributed by atoms with Gasteiger partial charge in [-0.3, -0.25) is 4.79 Å². The van der Waals surface area contributed by atoms with Crippen LogP contribution >= 0.6 is 15.9 Å². The van der Waals surface area contributed by atoms with Gasteiger partial charge in [-0.2, -0.15) is 0 Å². The van der Waals surface area contributed by atoms with E-state index in [1.165, 1.54) is 5.56 Å². The summed E-state index contributed by atoms with van der Waals surface area (Å²) in [5.41, 5.74) is 1.97. The Balaban J connectivity index is 2.09. The van der Waals surface area contributed by atoms with E-state index in [1.807, 2.05) is 49.4 Å². The maximum Gasteiger partial charge on any atom is 0.165 e. The summed E-state index contributed by atoms with van der Waals surface area (Å²) >= 11 is 3.45. The van der Waals surface area contributed by atoms with Crippen molar-refractivity contribution in [3.63, 3.8) is 0 Å². The molecule has 2 aromatic carbocycles. The first-order chi connectivity index (χ1) is 8.66. The van der Waals surface area contributed by atoms with E-state index in [1.54, 1.807) is 0 Å². The molecule has 1 nitrogen and oxygen atoms in total. The van der Waals surface area contributed by atoms with Crippen molar-refractivity contribution < 1.29 is 4.79 Å². The smallest absolute Gasteiger partial charge is 0.165 e. The van der Waals surface area contributed by atoms with Gasteiger partial charge in [-0.05, 0) is 24.1 Å². The van der Waals surface area contributed by atoms with E-state index in [-0.39, 0.29) is 11.7 Å². The van der Waals surface area contributed by atoms with Crippen LogP contribution in [0.4, 0.5) is 0 Å². The van der Waals surface area contributed by atoms with Gasteiger partial charge < -0.3 is 0 Å². The van der Waals surface area contributed by atoms with Gasteiger partial charge in [-0.15, -0.1) is 0 Å². The molecule has 0 saturated carbocycles. The molecule has 1 unspecified atom stereocenters. The highest BCUT2D eigenvalue weighted by atomic mass is 79.9. The van der Waals surface area contributed by atoms with Gasteiger partial charge in [0.15, 0.2) is 5.78 Å². The molecule has 2 heteroatoms. The minimum atomic E-state index is 0.00157. The molecule has 0 saturated heterocycles. The van der Waals surface area contributed by atoms with E-state index in [9.17, 15) is 4.79 Å². The molecule has 0 amide bonds. The van der Waals surface area contributed by atoms with Gasteiger partial charge in [0.1, 0.15) is 0 Å². The second-order valence-electron chi connectivity index (χ2n) is 4.47. The Labute approximate surface area is 116 Å². The highest BCUT2D eigenvalue weighted by Gasteiger charge is 2.15. The summed E-state index contributed by atoms with van der Waals surface area (Å²) in [6, 6.07) is 17.6. The molecule has 0 radical (unpaired) electrons. The lowest BCUT2D eigenvalue weighted by Crippen LogP contribution is -2.13. The molecule has 0 aliphatic rings. The minimum Gasteiger partial charge on any atom is -0.294 e. The largest absolute Gasteiger partial charge is 0.294 e. The number of ketones is 1. The third-order valence-electron chi connectivity index (χ3n) is 2.94. The van der Waals surface area contributed by atoms with E-state index in [2.05, 4.69) is 28.1 Å². The standard InChI is InChI=1S/C16H15BrO/c1-12(10-13-6-5-9-15(17)11-13)16(18)14-7-3-2-4-8-14/h2-9,11-12H,10H2,1H3. The first-order valence-electron chi connectivity index (χ1n) is 6.00. The summed E-state index contributed by atoms with van der Waals surface area (Å²) in [4.78, 5) is 12.2. The molecule has 0 aliphatic heterocycles. The molecule has 0 heterocycles. The number of rotatable bonds is 4. The fraction of sp³-hybridized carbons (Fsp3) is 0.188. The van der Waals surface area contributed by atoms with Crippen molar-refractivity contribution in [3.05, 3.63) is 70.2 Å². The second kappa shape index (κ2) is 5.96. The lowest BCUT2D eigenvalue weighted by molar-refractivity contribution is 0.0929. The average molecular weight is 303 g/mol. The molecule has 1 atom stereocenters. The van der Waals surface area contributed by atoms with Gasteiger partial charge in [0.05, 0.1) is 0 Å². The van der Waals surface area contributed by atoms with Crippen molar-refractivity contribution in [1.29, 1.82) is 0 Å². The van der Waals surface area contributed by atoms with Crippen molar-refractivity contribution in [2.24, 2.45) is 5.92 Å². The molecule has 18 heavy (non-hydrogen) atoms. The monoisotopic (exact) mass is 302 g/mol. The summed E-state index contributed by atoms with van der Waals surface area (Å²) < 4.78 is 1.05. The summed E-state index contributed by atoms with van der Waals surface area (Å²) in [7, 11) is 0. The Bertz CT molecular complexity index is 534. The van der Waals surface area contributed by atoms with Gasteiger partial charge in [-0.1, -0.05) is 65.3 Å². The summed E-state index contributed by atoms with van der Waals surface area (Å²) in [6.45, 7) is 1.98. The molecule has 0 aromatic heterocycles. The molecule has 92 valence electrons. The number of benzene rings is 2. The molecule has 0 aliphatic carbocycles. The van der Waals surface area contributed by atoms with Crippen molar-refractivity contribution in [1.82, 2.24) is 0 Å². The Hall–Kier alpha value is -1.41. The van der Waals surface area contributed by atoms with Gasteiger partial charge >= 0.3 is 0 Å². The maximum absolute atomic E-state index is 12.2. The highest BCUT2D eigenvalue weighted by Crippen LogP contribution is 2.17. The lowest BCUT2D eigenvalue weighted by atomic mass is 9.93. The number of hydrogen-bond donors (Lipinski definition) is 0. The van der Waals surface area contributed by atoms with Gasteiger partial charge in [0.25, 0.3) is 0 Å². The molecule has 0 N–H and O–H groups in total. The van der Waals surface area contributed by atoms with Crippen LogP contribution in [0.15, 0.2) is 59.1 Å². The van der Waals surface area contributed by atoms with E-state index < -0.39 is 0 Å². The molecular weight excluding hydrogens is 288 g/mol. The van der Waals surface area contributed by atoms with Crippen LogP contribution in [-0.4, -0.2) is 5.78 Å². The number of halogens is 1. The van der Waals surface area contributed by atoms with E-state index in [0.717, 1.165) is 16.5 Å². The quantitative estimate of drug-likeness (QED) is 0.759. The third-order valence-corrected chi connectivity index (χ3v) is 3.43. The SMILES string of the molecule is CC(Cc1cccc(Br)c1)C(=O)c1ccccc1. The Morgan fingerprint density at radius 3 is 2.50 bits per heavy atom. The second-order valence-corrected chi connectivity index (χ2v) is 5.38. The van der Waals surface area contributed by atoms with Crippen molar-refractivity contribution in [2.45, 2.75) is 13.3 Å². The minimum absolute atomic E-state index is 0.00157. The predicted molar refractivity (Wildman–Crippen MR) is 77.8 cm³/mol. The van der Waals surface area contributed by atoms with Crippen LogP contribution in [0.3, 0.4) is 0 Å². The molecule has 0 fully saturated rings. The lowest BCUT2D eigenvalue weighted by Gasteiger charge is -2.10. The molecule has 2 aromatic rings. The van der Waals surface area contributed by atoms with Crippen LogP contribution in [0.5, 0.6) is 0 Å². The van der Waals surface area contributed by atoms with Crippen LogP contribution < -0.4 is 0 Å². The third kappa shape index (κ3) is 3.30. The zero-order valence-corrected chi connectivity index (χ0v) is 11.9. The van der Waals surface area contributed by atoms with Gasteiger partial charge in [0, 0.05) is 16.0 Å². The Kier molecular flexibility index (Phi) is 4.32. The normalized spacial score (nSPS) is 12.1. The number of Topliss-reactive ketones (excluding diaryl/α,β-unsaturated/α-hetero) is 1. The van der Waals surface area contributed by atoms with Crippen LogP contribution in [-0.2, 0) is 6.42 Å². The van der Waals surface area contributed by atoms with Crippen LogP contribution in [0, 0.1) is 5.92 Å². The van der Waals surface area contributed by atoms with E-state index in [4.69, 9.17) is 0 Å². The topological polar surface area (TPSA) is 17.1 Å². The summed E-state index contributed by atoms with van der Waals surface area (Å²) in [5.74, 6) is 0.206. The Morgan fingerprint density at radius 2 is 1.83 bits per heavy atom. The molecule has 2 rings (SSSR count).